The minimum absolute atomic E-state index is 0. The first-order valence-electron chi connectivity index (χ1n) is 5.66. The molecule has 0 aromatic carbocycles. The number of thiazole rings is 1. The van der Waals surface area contributed by atoms with Crippen LogP contribution in [-0.4, -0.2) is 33.4 Å². The quantitative estimate of drug-likeness (QED) is 0.883. The topological polar surface area (TPSA) is 63.6 Å². The van der Waals surface area contributed by atoms with Gasteiger partial charge in [0.15, 0.2) is 4.96 Å². The highest BCUT2D eigenvalue weighted by Gasteiger charge is 2.19. The lowest BCUT2D eigenvalue weighted by Gasteiger charge is -2.13. The molecule has 1 fully saturated rings. The molecule has 2 aromatic heterocycles. The Bertz CT molecular complexity index is 596. The van der Waals surface area contributed by atoms with E-state index < -0.39 is 0 Å². The molecule has 3 heterocycles. The van der Waals surface area contributed by atoms with Crippen molar-refractivity contribution in [2.45, 2.75) is 19.0 Å². The van der Waals surface area contributed by atoms with Crippen molar-refractivity contribution in [2.75, 3.05) is 13.1 Å². The fourth-order valence-electron chi connectivity index (χ4n) is 2.20. The first-order chi connectivity index (χ1) is 8.22. The molecular weight excluding hydrogens is 272 g/mol. The average molecular weight is 287 g/mol. The number of nitrogens with two attached hydrogens (primary N) is 1. The highest BCUT2D eigenvalue weighted by molar-refractivity contribution is 7.15. The third-order valence-corrected chi connectivity index (χ3v) is 3.81. The van der Waals surface area contributed by atoms with Crippen molar-refractivity contribution in [2.24, 2.45) is 5.73 Å². The number of hydrogen-bond acceptors (Lipinski definition) is 5. The molecule has 0 spiro atoms. The van der Waals surface area contributed by atoms with Gasteiger partial charge in [-0.25, -0.2) is 4.98 Å². The van der Waals surface area contributed by atoms with Gasteiger partial charge in [-0.2, -0.15) is 0 Å². The van der Waals surface area contributed by atoms with Crippen LogP contribution >= 0.6 is 23.7 Å². The van der Waals surface area contributed by atoms with E-state index in [4.69, 9.17) is 5.73 Å². The van der Waals surface area contributed by atoms with E-state index in [1.165, 1.54) is 11.3 Å². The van der Waals surface area contributed by atoms with Gasteiger partial charge in [0.1, 0.15) is 0 Å². The van der Waals surface area contributed by atoms with Crippen molar-refractivity contribution in [3.8, 4) is 0 Å². The number of aromatic nitrogens is 2. The Morgan fingerprint density at radius 2 is 2.39 bits per heavy atom. The van der Waals surface area contributed by atoms with Gasteiger partial charge in [-0.1, -0.05) is 0 Å². The maximum absolute atomic E-state index is 11.8. The third kappa shape index (κ3) is 2.56. The minimum atomic E-state index is -0.00487. The van der Waals surface area contributed by atoms with Crippen LogP contribution in [0.25, 0.3) is 4.96 Å². The number of hydrogen-bond donors (Lipinski definition) is 1. The molecule has 1 aliphatic rings. The van der Waals surface area contributed by atoms with Crippen molar-refractivity contribution in [3.05, 3.63) is 33.7 Å². The summed E-state index contributed by atoms with van der Waals surface area (Å²) < 4.78 is 1.57. The zero-order valence-corrected chi connectivity index (χ0v) is 11.4. The largest absolute Gasteiger partial charge is 0.326 e. The monoisotopic (exact) mass is 286 g/mol. The van der Waals surface area contributed by atoms with Gasteiger partial charge in [0.05, 0.1) is 5.69 Å². The number of rotatable bonds is 2. The van der Waals surface area contributed by atoms with Crippen molar-refractivity contribution in [1.82, 2.24) is 14.3 Å². The molecule has 1 saturated heterocycles. The lowest BCUT2D eigenvalue weighted by molar-refractivity contribution is 0.323. The zero-order valence-electron chi connectivity index (χ0n) is 9.78. The predicted octanol–water partition coefficient (Wildman–Crippen LogP) is 0.711. The van der Waals surface area contributed by atoms with E-state index in [0.717, 1.165) is 36.7 Å². The standard InChI is InChI=1S/C11H14N4OS.ClH/c12-8-1-2-14(6-8)7-9-5-10(16)15-3-4-17-11(15)13-9;/h3-5,8H,1-2,6-7,12H2;1H. The molecule has 0 aliphatic carbocycles. The van der Waals surface area contributed by atoms with Gasteiger partial charge in [-0.3, -0.25) is 14.1 Å². The minimum Gasteiger partial charge on any atom is -0.326 e. The molecule has 0 radical (unpaired) electrons. The van der Waals surface area contributed by atoms with Crippen molar-refractivity contribution < 1.29 is 0 Å². The van der Waals surface area contributed by atoms with Crippen LogP contribution in [0, 0.1) is 0 Å². The zero-order chi connectivity index (χ0) is 11.8. The Labute approximate surface area is 115 Å². The van der Waals surface area contributed by atoms with E-state index >= 15 is 0 Å². The summed E-state index contributed by atoms with van der Waals surface area (Å²) in [6, 6.07) is 1.88. The second kappa shape index (κ2) is 5.36. The second-order valence-corrected chi connectivity index (χ2v) is 5.30. The summed E-state index contributed by atoms with van der Waals surface area (Å²) in [6.45, 7) is 2.61. The lowest BCUT2D eigenvalue weighted by Crippen LogP contribution is -2.27. The molecule has 1 aliphatic heterocycles. The van der Waals surface area contributed by atoms with Gasteiger partial charge in [0, 0.05) is 43.3 Å². The van der Waals surface area contributed by atoms with Crippen molar-refractivity contribution in [3.63, 3.8) is 0 Å². The van der Waals surface area contributed by atoms with Crippen LogP contribution < -0.4 is 11.3 Å². The van der Waals surface area contributed by atoms with E-state index in [1.54, 1.807) is 16.7 Å². The first-order valence-corrected chi connectivity index (χ1v) is 6.54. The Balaban J connectivity index is 0.00000120. The molecule has 2 N–H and O–H groups in total. The van der Waals surface area contributed by atoms with Gasteiger partial charge < -0.3 is 5.73 Å². The second-order valence-electron chi connectivity index (χ2n) is 4.43. The Hall–Kier alpha value is -0.950. The van der Waals surface area contributed by atoms with Gasteiger partial charge in [0.25, 0.3) is 5.56 Å². The summed E-state index contributed by atoms with van der Waals surface area (Å²) in [5, 5.41) is 1.87. The predicted molar refractivity (Wildman–Crippen MR) is 74.5 cm³/mol. The van der Waals surface area contributed by atoms with Gasteiger partial charge >= 0.3 is 0 Å². The van der Waals surface area contributed by atoms with Crippen LogP contribution in [0.1, 0.15) is 12.1 Å². The van der Waals surface area contributed by atoms with Crippen LogP contribution in [0.3, 0.4) is 0 Å². The van der Waals surface area contributed by atoms with Crippen LogP contribution in [0.2, 0.25) is 0 Å². The molecule has 7 heteroatoms. The van der Waals surface area contributed by atoms with Crippen LogP contribution in [0.15, 0.2) is 22.4 Å². The maximum atomic E-state index is 11.8. The SMILES string of the molecule is Cl.NC1CCN(Cc2cc(=O)n3ccsc3n2)C1. The molecule has 5 nitrogen and oxygen atoms in total. The molecule has 98 valence electrons. The van der Waals surface area contributed by atoms with Crippen molar-refractivity contribution >= 4 is 28.7 Å². The fraction of sp³-hybridized carbons (Fsp3) is 0.455. The smallest absolute Gasteiger partial charge is 0.258 e. The number of halogens is 1. The fourth-order valence-corrected chi connectivity index (χ4v) is 2.94. The summed E-state index contributed by atoms with van der Waals surface area (Å²) in [7, 11) is 0. The number of nitrogens with zero attached hydrogens (tertiary/aromatic N) is 3. The van der Waals surface area contributed by atoms with Gasteiger partial charge in [0.2, 0.25) is 0 Å². The Morgan fingerprint density at radius 3 is 3.11 bits per heavy atom. The summed E-state index contributed by atoms with van der Waals surface area (Å²) in [4.78, 5) is 19.3. The van der Waals surface area contributed by atoms with Gasteiger partial charge in [-0.05, 0) is 6.42 Å². The molecule has 1 unspecified atom stereocenters. The molecule has 2 aromatic rings. The molecule has 0 amide bonds. The van der Waals surface area contributed by atoms with Crippen LogP contribution in [-0.2, 0) is 6.54 Å². The van der Waals surface area contributed by atoms with Crippen LogP contribution in [0.5, 0.6) is 0 Å². The summed E-state index contributed by atoms with van der Waals surface area (Å²) in [5.41, 5.74) is 6.69. The first kappa shape index (κ1) is 13.5. The molecule has 18 heavy (non-hydrogen) atoms. The normalized spacial score (nSPS) is 20.2. The van der Waals surface area contributed by atoms with Crippen LogP contribution in [0.4, 0.5) is 0 Å². The summed E-state index contributed by atoms with van der Waals surface area (Å²) in [6.07, 6.45) is 2.78. The Morgan fingerprint density at radius 1 is 1.56 bits per heavy atom. The van der Waals surface area contributed by atoms with Gasteiger partial charge in [-0.15, -0.1) is 23.7 Å². The highest BCUT2D eigenvalue weighted by atomic mass is 35.5. The molecule has 0 saturated carbocycles. The molecule has 3 rings (SSSR count). The highest BCUT2D eigenvalue weighted by Crippen LogP contribution is 2.12. The van der Waals surface area contributed by atoms with E-state index in [0.29, 0.717) is 0 Å². The van der Waals surface area contributed by atoms with E-state index in [1.807, 2.05) is 5.38 Å². The molecule has 0 bridgehead atoms. The third-order valence-electron chi connectivity index (χ3n) is 3.05. The number of fused-ring (bicyclic) bond motifs is 1. The molecule has 1 atom stereocenters. The summed E-state index contributed by atoms with van der Waals surface area (Å²) in [5.74, 6) is 0. The Kier molecular flexibility index (Phi) is 4.01. The molecular formula is C11H15ClN4OS. The maximum Gasteiger partial charge on any atom is 0.258 e. The average Bonchev–Trinajstić information content (AvgIpc) is 2.87. The van der Waals surface area contributed by atoms with E-state index in [9.17, 15) is 4.79 Å². The number of likely N-dealkylation sites (tertiary alicyclic amines) is 1. The lowest BCUT2D eigenvalue weighted by atomic mass is 10.3. The van der Waals surface area contributed by atoms with E-state index in [2.05, 4.69) is 9.88 Å². The van der Waals surface area contributed by atoms with E-state index in [-0.39, 0.29) is 24.0 Å². The summed E-state index contributed by atoms with van der Waals surface area (Å²) >= 11 is 1.48. The van der Waals surface area contributed by atoms with Crippen molar-refractivity contribution in [1.29, 1.82) is 0 Å².